The second kappa shape index (κ2) is 7.79. The molecule has 1 aliphatic rings. The molecule has 1 aliphatic heterocycles. The van der Waals surface area contributed by atoms with E-state index in [0.717, 1.165) is 6.42 Å². The first-order chi connectivity index (χ1) is 12.5. The van der Waals surface area contributed by atoms with Gasteiger partial charge in [0.1, 0.15) is 11.5 Å². The molecule has 6 nitrogen and oxygen atoms in total. The van der Waals surface area contributed by atoms with Crippen molar-refractivity contribution in [3.05, 3.63) is 18.2 Å². The number of amides is 2. The molecule has 0 unspecified atom stereocenters. The fourth-order valence-corrected chi connectivity index (χ4v) is 3.93. The van der Waals surface area contributed by atoms with Crippen LogP contribution in [0.15, 0.2) is 18.2 Å². The number of rotatable bonds is 6. The van der Waals surface area contributed by atoms with Gasteiger partial charge in [-0.3, -0.25) is 9.59 Å². The first-order valence-electron chi connectivity index (χ1n) is 9.30. The number of ether oxygens (including phenoxy) is 2. The van der Waals surface area contributed by atoms with Gasteiger partial charge in [0.15, 0.2) is 0 Å². The lowest BCUT2D eigenvalue weighted by Crippen LogP contribution is -2.48. The Morgan fingerprint density at radius 3 is 2.41 bits per heavy atom. The van der Waals surface area contributed by atoms with E-state index in [1.165, 1.54) is 0 Å². The second-order valence-electron chi connectivity index (χ2n) is 9.05. The van der Waals surface area contributed by atoms with Crippen molar-refractivity contribution >= 4 is 17.5 Å². The first-order valence-corrected chi connectivity index (χ1v) is 9.30. The fraction of sp³-hybridized carbons (Fsp3) is 0.619. The average Bonchev–Trinajstić information content (AvgIpc) is 2.93. The molecule has 1 fully saturated rings. The van der Waals surface area contributed by atoms with Gasteiger partial charge in [0.25, 0.3) is 0 Å². The van der Waals surface area contributed by atoms with Crippen LogP contribution in [0.5, 0.6) is 11.5 Å². The van der Waals surface area contributed by atoms with E-state index in [0.29, 0.717) is 23.7 Å². The third-order valence-electron chi connectivity index (χ3n) is 4.61. The molecule has 1 heterocycles. The lowest BCUT2D eigenvalue weighted by Gasteiger charge is -2.34. The van der Waals surface area contributed by atoms with Gasteiger partial charge in [-0.2, -0.15) is 0 Å². The Hall–Kier alpha value is -2.24. The third kappa shape index (κ3) is 5.37. The SMILES string of the molecule is COc1ccc(N2C[C@@H](C(=O)NC(C)(C)CC(C)(C)C)CC2=O)c(OC)c1. The zero-order valence-corrected chi connectivity index (χ0v) is 17.5. The van der Waals surface area contributed by atoms with Gasteiger partial charge in [-0.1, -0.05) is 20.8 Å². The maximum Gasteiger partial charge on any atom is 0.227 e. The van der Waals surface area contributed by atoms with E-state index in [1.54, 1.807) is 37.3 Å². The van der Waals surface area contributed by atoms with Crippen LogP contribution in [0.25, 0.3) is 0 Å². The summed E-state index contributed by atoms with van der Waals surface area (Å²) in [6, 6.07) is 5.31. The number of hydrogen-bond donors (Lipinski definition) is 1. The van der Waals surface area contributed by atoms with Crippen molar-refractivity contribution in [1.82, 2.24) is 5.32 Å². The molecule has 0 aliphatic carbocycles. The largest absolute Gasteiger partial charge is 0.497 e. The molecular formula is C21H32N2O4. The Kier molecular flexibility index (Phi) is 6.07. The first kappa shape index (κ1) is 21.1. The van der Waals surface area contributed by atoms with Crippen LogP contribution >= 0.6 is 0 Å². The maximum absolute atomic E-state index is 12.8. The van der Waals surface area contributed by atoms with Gasteiger partial charge in [0.05, 0.1) is 25.8 Å². The van der Waals surface area contributed by atoms with E-state index in [-0.39, 0.29) is 35.1 Å². The van der Waals surface area contributed by atoms with Crippen LogP contribution in [-0.2, 0) is 9.59 Å². The van der Waals surface area contributed by atoms with Gasteiger partial charge in [-0.05, 0) is 37.8 Å². The summed E-state index contributed by atoms with van der Waals surface area (Å²) in [5.74, 6) is 0.681. The minimum Gasteiger partial charge on any atom is -0.497 e. The molecular weight excluding hydrogens is 344 g/mol. The highest BCUT2D eigenvalue weighted by Gasteiger charge is 2.38. The topological polar surface area (TPSA) is 67.9 Å². The predicted octanol–water partition coefficient (Wildman–Crippen LogP) is 3.39. The Labute approximate surface area is 162 Å². The van der Waals surface area contributed by atoms with Gasteiger partial charge in [-0.15, -0.1) is 0 Å². The molecule has 1 atom stereocenters. The Bertz CT molecular complexity index is 707. The summed E-state index contributed by atoms with van der Waals surface area (Å²) < 4.78 is 10.6. The van der Waals surface area contributed by atoms with Crippen molar-refractivity contribution in [3.8, 4) is 11.5 Å². The Balaban J connectivity index is 2.12. The van der Waals surface area contributed by atoms with Gasteiger partial charge >= 0.3 is 0 Å². The van der Waals surface area contributed by atoms with Crippen molar-refractivity contribution in [2.75, 3.05) is 25.7 Å². The molecule has 27 heavy (non-hydrogen) atoms. The lowest BCUT2D eigenvalue weighted by molar-refractivity contribution is -0.128. The van der Waals surface area contributed by atoms with E-state index in [1.807, 2.05) is 13.8 Å². The van der Waals surface area contributed by atoms with Gasteiger partial charge in [0, 0.05) is 24.6 Å². The van der Waals surface area contributed by atoms with E-state index < -0.39 is 0 Å². The summed E-state index contributed by atoms with van der Waals surface area (Å²) >= 11 is 0. The number of carbonyl (C=O) groups excluding carboxylic acids is 2. The molecule has 150 valence electrons. The molecule has 0 bridgehead atoms. The summed E-state index contributed by atoms with van der Waals surface area (Å²) in [5.41, 5.74) is 0.432. The van der Waals surface area contributed by atoms with Gasteiger partial charge in [0.2, 0.25) is 11.8 Å². The number of anilines is 1. The fourth-order valence-electron chi connectivity index (χ4n) is 3.93. The van der Waals surface area contributed by atoms with E-state index in [9.17, 15) is 9.59 Å². The molecule has 1 aromatic carbocycles. The number of benzene rings is 1. The number of nitrogens with one attached hydrogen (secondary N) is 1. The van der Waals surface area contributed by atoms with Crippen molar-refractivity contribution in [2.45, 2.75) is 53.0 Å². The maximum atomic E-state index is 12.8. The number of methoxy groups -OCH3 is 2. The Morgan fingerprint density at radius 2 is 1.85 bits per heavy atom. The van der Waals surface area contributed by atoms with Crippen LogP contribution in [0.2, 0.25) is 0 Å². The van der Waals surface area contributed by atoms with Crippen LogP contribution in [0.1, 0.15) is 47.5 Å². The monoisotopic (exact) mass is 376 g/mol. The van der Waals surface area contributed by atoms with Crippen LogP contribution in [0.3, 0.4) is 0 Å². The normalized spacial score (nSPS) is 17.8. The molecule has 0 radical (unpaired) electrons. The van der Waals surface area contributed by atoms with Gasteiger partial charge in [-0.25, -0.2) is 0 Å². The lowest BCUT2D eigenvalue weighted by atomic mass is 9.81. The molecule has 1 aromatic rings. The van der Waals surface area contributed by atoms with Crippen LogP contribution < -0.4 is 19.7 Å². The van der Waals surface area contributed by atoms with Crippen molar-refractivity contribution in [1.29, 1.82) is 0 Å². The highest BCUT2D eigenvalue weighted by atomic mass is 16.5. The molecule has 2 rings (SSSR count). The molecule has 1 saturated heterocycles. The summed E-state index contributed by atoms with van der Waals surface area (Å²) in [7, 11) is 3.13. The van der Waals surface area contributed by atoms with Crippen molar-refractivity contribution in [3.63, 3.8) is 0 Å². The molecule has 2 amide bonds. The molecule has 0 aromatic heterocycles. The van der Waals surface area contributed by atoms with Crippen molar-refractivity contribution < 1.29 is 19.1 Å². The smallest absolute Gasteiger partial charge is 0.227 e. The number of hydrogen-bond acceptors (Lipinski definition) is 4. The van der Waals surface area contributed by atoms with E-state index in [4.69, 9.17) is 9.47 Å². The minimum absolute atomic E-state index is 0.0763. The standard InChI is InChI=1S/C21H32N2O4/c1-20(2,3)13-21(4,5)22-19(25)14-10-18(24)23(12-14)16-9-8-15(26-6)11-17(16)27-7/h8-9,11,14H,10,12-13H2,1-7H3,(H,22,25)/t14-/m0/s1. The summed E-state index contributed by atoms with van der Waals surface area (Å²) in [4.78, 5) is 27.0. The second-order valence-corrected chi connectivity index (χ2v) is 9.05. The number of nitrogens with zero attached hydrogens (tertiary/aromatic N) is 1. The highest BCUT2D eigenvalue weighted by Crippen LogP contribution is 2.36. The zero-order chi connectivity index (χ0) is 20.4. The van der Waals surface area contributed by atoms with E-state index in [2.05, 4.69) is 26.1 Å². The zero-order valence-electron chi connectivity index (χ0n) is 17.5. The van der Waals surface area contributed by atoms with Crippen molar-refractivity contribution in [2.24, 2.45) is 11.3 Å². The minimum atomic E-state index is -0.372. The van der Waals surface area contributed by atoms with E-state index >= 15 is 0 Å². The molecule has 0 saturated carbocycles. The van der Waals surface area contributed by atoms with Crippen LogP contribution in [-0.4, -0.2) is 38.1 Å². The summed E-state index contributed by atoms with van der Waals surface area (Å²) in [6.45, 7) is 10.8. The molecule has 6 heteroatoms. The van der Waals surface area contributed by atoms with Gasteiger partial charge < -0.3 is 19.7 Å². The van der Waals surface area contributed by atoms with Crippen LogP contribution in [0, 0.1) is 11.3 Å². The third-order valence-corrected chi connectivity index (χ3v) is 4.61. The molecule has 1 N–H and O–H groups in total. The highest BCUT2D eigenvalue weighted by molar-refractivity contribution is 6.01. The Morgan fingerprint density at radius 1 is 1.19 bits per heavy atom. The number of carbonyl (C=O) groups is 2. The molecule has 0 spiro atoms. The average molecular weight is 376 g/mol. The summed E-state index contributed by atoms with van der Waals surface area (Å²) in [5, 5.41) is 3.13. The predicted molar refractivity (Wildman–Crippen MR) is 106 cm³/mol. The summed E-state index contributed by atoms with van der Waals surface area (Å²) in [6.07, 6.45) is 1.05. The van der Waals surface area contributed by atoms with Crippen LogP contribution in [0.4, 0.5) is 5.69 Å². The quantitative estimate of drug-likeness (QED) is 0.826.